The Morgan fingerprint density at radius 3 is 2.88 bits per heavy atom. The second-order valence-electron chi connectivity index (χ2n) is 4.20. The minimum absolute atomic E-state index is 0.167. The molecule has 0 aliphatic heterocycles. The third kappa shape index (κ3) is 3.46. The van der Waals surface area contributed by atoms with Gasteiger partial charge in [0.25, 0.3) is 0 Å². The molecule has 1 fully saturated rings. The van der Waals surface area contributed by atoms with Crippen LogP contribution in [-0.4, -0.2) is 23.6 Å². The molecule has 0 amide bonds. The Labute approximate surface area is 119 Å². The topological polar surface area (TPSA) is 18.5 Å². The summed E-state index contributed by atoms with van der Waals surface area (Å²) in [6.45, 7) is 2.91. The highest BCUT2D eigenvalue weighted by molar-refractivity contribution is 9.10. The Hall–Kier alpha value is -0.0600. The van der Waals surface area contributed by atoms with Gasteiger partial charge in [0.2, 0.25) is 0 Å². The molecule has 1 aliphatic carbocycles. The fourth-order valence-electron chi connectivity index (χ4n) is 1.82. The van der Waals surface area contributed by atoms with E-state index in [2.05, 4.69) is 38.8 Å². The second kappa shape index (κ2) is 6.21. The maximum Gasteiger partial charge on any atom is 0.127 e. The monoisotopic (exact) mass is 362 g/mol. The molecular formula is C13H16Br2O2. The number of halogens is 2. The third-order valence-corrected chi connectivity index (χ3v) is 4.17. The average Bonchev–Trinajstić information content (AvgIpc) is 2.29. The summed E-state index contributed by atoms with van der Waals surface area (Å²) in [6.07, 6.45) is 2.38. The van der Waals surface area contributed by atoms with Gasteiger partial charge in [-0.2, -0.15) is 0 Å². The quantitative estimate of drug-likeness (QED) is 0.731. The van der Waals surface area contributed by atoms with Crippen molar-refractivity contribution in [2.75, 3.05) is 6.61 Å². The fourth-order valence-corrected chi connectivity index (χ4v) is 3.06. The molecular weight excluding hydrogens is 348 g/mol. The van der Waals surface area contributed by atoms with Crippen molar-refractivity contribution in [3.63, 3.8) is 0 Å². The zero-order chi connectivity index (χ0) is 12.3. The molecule has 0 radical (unpaired) electrons. The maximum absolute atomic E-state index is 5.93. The number of hydrogen-bond donors (Lipinski definition) is 0. The summed E-state index contributed by atoms with van der Waals surface area (Å²) in [5.41, 5.74) is 0. The molecule has 0 spiro atoms. The van der Waals surface area contributed by atoms with Crippen LogP contribution in [-0.2, 0) is 4.74 Å². The van der Waals surface area contributed by atoms with Gasteiger partial charge in [0.1, 0.15) is 18.0 Å². The molecule has 2 nitrogen and oxygen atoms in total. The van der Waals surface area contributed by atoms with Crippen LogP contribution in [0.15, 0.2) is 28.7 Å². The van der Waals surface area contributed by atoms with E-state index in [9.17, 15) is 0 Å². The maximum atomic E-state index is 5.93. The van der Waals surface area contributed by atoms with Gasteiger partial charge in [-0.25, -0.2) is 0 Å². The Balaban J connectivity index is 1.91. The molecule has 1 aliphatic rings. The molecule has 3 atom stereocenters. The first-order chi connectivity index (χ1) is 8.20. The Morgan fingerprint density at radius 2 is 2.24 bits per heavy atom. The summed E-state index contributed by atoms with van der Waals surface area (Å²) in [4.78, 5) is 0.422. The largest absolute Gasteiger partial charge is 0.488 e. The van der Waals surface area contributed by atoms with E-state index in [4.69, 9.17) is 9.47 Å². The lowest BCUT2D eigenvalue weighted by atomic mass is 9.91. The van der Waals surface area contributed by atoms with Crippen LogP contribution in [0.2, 0.25) is 0 Å². The second-order valence-corrected chi connectivity index (χ2v) is 6.29. The number of benzene rings is 1. The Bertz CT molecular complexity index is 370. The number of rotatable bonds is 5. The first-order valence-corrected chi connectivity index (χ1v) is 7.59. The molecule has 3 unspecified atom stereocenters. The lowest BCUT2D eigenvalue weighted by Crippen LogP contribution is -2.52. The molecule has 4 heteroatoms. The predicted molar refractivity (Wildman–Crippen MR) is 75.9 cm³/mol. The number of alkyl halides is 1. The molecule has 0 saturated heterocycles. The van der Waals surface area contributed by atoms with Crippen molar-refractivity contribution in [1.82, 2.24) is 0 Å². The molecule has 1 aromatic rings. The number of ether oxygens (including phenoxy) is 2. The van der Waals surface area contributed by atoms with Gasteiger partial charge in [0, 0.05) is 22.3 Å². The van der Waals surface area contributed by atoms with Gasteiger partial charge >= 0.3 is 0 Å². The highest BCUT2D eigenvalue weighted by Gasteiger charge is 2.42. The summed E-state index contributed by atoms with van der Waals surface area (Å²) in [5, 5.41) is 0. The van der Waals surface area contributed by atoms with Gasteiger partial charge in [0.15, 0.2) is 0 Å². The Morgan fingerprint density at radius 1 is 1.41 bits per heavy atom. The zero-order valence-electron chi connectivity index (χ0n) is 9.74. The molecule has 17 heavy (non-hydrogen) atoms. The molecule has 94 valence electrons. The van der Waals surface area contributed by atoms with E-state index in [1.807, 2.05) is 24.3 Å². The van der Waals surface area contributed by atoms with Crippen molar-refractivity contribution in [2.45, 2.75) is 36.8 Å². The van der Waals surface area contributed by atoms with Crippen LogP contribution >= 0.6 is 31.9 Å². The van der Waals surface area contributed by atoms with E-state index in [-0.39, 0.29) is 12.2 Å². The van der Waals surface area contributed by atoms with Crippen molar-refractivity contribution < 1.29 is 9.47 Å². The van der Waals surface area contributed by atoms with Crippen LogP contribution in [0.25, 0.3) is 0 Å². The lowest BCUT2D eigenvalue weighted by molar-refractivity contribution is -0.0762. The van der Waals surface area contributed by atoms with Crippen molar-refractivity contribution in [1.29, 1.82) is 0 Å². The summed E-state index contributed by atoms with van der Waals surface area (Å²) in [7, 11) is 0. The van der Waals surface area contributed by atoms with Crippen LogP contribution in [0.1, 0.15) is 19.8 Å². The van der Waals surface area contributed by atoms with Crippen LogP contribution in [0, 0.1) is 0 Å². The predicted octanol–water partition coefficient (Wildman–Crippen LogP) is 4.16. The minimum Gasteiger partial charge on any atom is -0.488 e. The molecule has 2 rings (SSSR count). The summed E-state index contributed by atoms with van der Waals surface area (Å²) in [6, 6.07) is 7.93. The van der Waals surface area contributed by atoms with Gasteiger partial charge in [-0.1, -0.05) is 44.8 Å². The van der Waals surface area contributed by atoms with Gasteiger partial charge in [-0.05, 0) is 24.6 Å². The van der Waals surface area contributed by atoms with Gasteiger partial charge < -0.3 is 9.47 Å². The van der Waals surface area contributed by atoms with Crippen molar-refractivity contribution in [3.05, 3.63) is 28.7 Å². The molecule has 1 saturated carbocycles. The number of hydrogen-bond acceptors (Lipinski definition) is 2. The van der Waals surface area contributed by atoms with Crippen molar-refractivity contribution in [2.24, 2.45) is 0 Å². The van der Waals surface area contributed by atoms with Crippen LogP contribution in [0.5, 0.6) is 5.75 Å². The van der Waals surface area contributed by atoms with E-state index < -0.39 is 0 Å². The van der Waals surface area contributed by atoms with E-state index in [0.29, 0.717) is 4.83 Å². The molecule has 0 N–H and O–H groups in total. The van der Waals surface area contributed by atoms with Gasteiger partial charge in [-0.15, -0.1) is 0 Å². The standard InChI is InChI=1S/C13H16Br2O2/c1-2-6-16-13-11(15)8-12(13)17-10-5-3-4-9(14)7-10/h3-5,7,11-13H,2,6,8H2,1H3. The fraction of sp³-hybridized carbons (Fsp3) is 0.538. The lowest BCUT2D eigenvalue weighted by Gasteiger charge is -2.40. The van der Waals surface area contributed by atoms with E-state index >= 15 is 0 Å². The smallest absolute Gasteiger partial charge is 0.127 e. The van der Waals surface area contributed by atoms with Crippen LogP contribution in [0.4, 0.5) is 0 Å². The van der Waals surface area contributed by atoms with Crippen LogP contribution < -0.4 is 4.74 Å². The van der Waals surface area contributed by atoms with Gasteiger partial charge in [-0.3, -0.25) is 0 Å². The molecule has 0 bridgehead atoms. The first-order valence-electron chi connectivity index (χ1n) is 5.88. The summed E-state index contributed by atoms with van der Waals surface area (Å²) >= 11 is 7.05. The normalized spacial score (nSPS) is 27.6. The summed E-state index contributed by atoms with van der Waals surface area (Å²) < 4.78 is 12.7. The van der Waals surface area contributed by atoms with E-state index in [0.717, 1.165) is 29.7 Å². The highest BCUT2D eigenvalue weighted by atomic mass is 79.9. The average molecular weight is 364 g/mol. The zero-order valence-corrected chi connectivity index (χ0v) is 12.9. The van der Waals surface area contributed by atoms with Crippen LogP contribution in [0.3, 0.4) is 0 Å². The van der Waals surface area contributed by atoms with E-state index in [1.165, 1.54) is 0 Å². The molecule has 1 aromatic carbocycles. The first kappa shape index (κ1) is 13.4. The van der Waals surface area contributed by atoms with Crippen molar-refractivity contribution in [3.8, 4) is 5.75 Å². The third-order valence-electron chi connectivity index (χ3n) is 2.78. The van der Waals surface area contributed by atoms with Gasteiger partial charge in [0.05, 0.1) is 0 Å². The van der Waals surface area contributed by atoms with Crippen molar-refractivity contribution >= 4 is 31.9 Å². The SMILES string of the molecule is CCCOC1C(Br)CC1Oc1cccc(Br)c1. The molecule has 0 aromatic heterocycles. The Kier molecular flexibility index (Phi) is 4.88. The van der Waals surface area contributed by atoms with E-state index in [1.54, 1.807) is 0 Å². The highest BCUT2D eigenvalue weighted by Crippen LogP contribution is 2.34. The summed E-state index contributed by atoms with van der Waals surface area (Å²) in [5.74, 6) is 0.897. The minimum atomic E-state index is 0.167. The molecule has 0 heterocycles.